The zero-order valence-electron chi connectivity index (χ0n) is 36.8. The van der Waals surface area contributed by atoms with Crippen LogP contribution in [0.5, 0.6) is 0 Å². The summed E-state index contributed by atoms with van der Waals surface area (Å²) >= 11 is 1.91. The van der Waals surface area contributed by atoms with Crippen LogP contribution in [0.3, 0.4) is 0 Å². The van der Waals surface area contributed by atoms with E-state index in [1.165, 1.54) is 85.8 Å². The third-order valence-corrected chi connectivity index (χ3v) is 14.1. The molecule has 0 atom stereocenters. The third-order valence-electron chi connectivity index (χ3n) is 12.9. The highest BCUT2D eigenvalue weighted by atomic mass is 32.1. The Morgan fingerprint density at radius 2 is 0.762 bits per heavy atom. The van der Waals surface area contributed by atoms with E-state index in [1.54, 1.807) is 0 Å². The molecular weight excluding hydrogens is 781 g/mol. The number of nitrogens with zero attached hydrogens (tertiary/aromatic N) is 2. The van der Waals surface area contributed by atoms with Gasteiger partial charge in [0.1, 0.15) is 0 Å². The van der Waals surface area contributed by atoms with Crippen molar-refractivity contribution >= 4 is 109 Å². The topological polar surface area (TPSA) is 6.48 Å². The van der Waals surface area contributed by atoms with E-state index in [0.29, 0.717) is 0 Å². The zero-order chi connectivity index (χ0) is 43.0. The Labute approximate surface area is 374 Å². The molecule has 1 heterocycles. The van der Waals surface area contributed by atoms with Crippen molar-refractivity contribution in [3.63, 3.8) is 0 Å². The van der Waals surface area contributed by atoms with Crippen LogP contribution < -0.4 is 9.80 Å². The molecule has 2 nitrogen and oxygen atoms in total. The van der Waals surface area contributed by atoms with Gasteiger partial charge < -0.3 is 9.80 Å². The molecule has 11 rings (SSSR count). The second-order valence-electron chi connectivity index (χ2n) is 19.0. The van der Waals surface area contributed by atoms with Crippen LogP contribution in [-0.4, -0.2) is 0 Å². The summed E-state index contributed by atoms with van der Waals surface area (Å²) in [5, 5.41) is 12.6. The zero-order valence-corrected chi connectivity index (χ0v) is 37.6. The number of hydrogen-bond acceptors (Lipinski definition) is 3. The van der Waals surface area contributed by atoms with Crippen molar-refractivity contribution in [2.24, 2.45) is 0 Å². The first-order valence-corrected chi connectivity index (χ1v) is 22.9. The van der Waals surface area contributed by atoms with Gasteiger partial charge in [0.05, 0.1) is 11.4 Å². The monoisotopic (exact) mass is 830 g/mol. The van der Waals surface area contributed by atoms with Crippen LogP contribution in [-0.2, 0) is 10.8 Å². The molecule has 3 heteroatoms. The Hall–Kier alpha value is -6.94. The summed E-state index contributed by atoms with van der Waals surface area (Å²) in [6.45, 7) is 13.7. The minimum Gasteiger partial charge on any atom is -0.310 e. The van der Waals surface area contributed by atoms with E-state index < -0.39 is 0 Å². The summed E-state index contributed by atoms with van der Waals surface area (Å²) in [7, 11) is 0. The minimum absolute atomic E-state index is 0.0625. The van der Waals surface area contributed by atoms with Crippen molar-refractivity contribution in [3.05, 3.63) is 205 Å². The highest BCUT2D eigenvalue weighted by Gasteiger charge is 2.23. The first kappa shape index (κ1) is 38.9. The molecule has 0 saturated carbocycles. The highest BCUT2D eigenvalue weighted by molar-refractivity contribution is 7.27. The number of anilines is 6. The molecule has 306 valence electrons. The number of rotatable bonds is 6. The SMILES string of the molecule is CC(C)(C)c1ccc(N(c2ccc3c(c2)sc2c4ccc(N(c5ccc(C(C)(C)C)cc5)c5cccc6ccccc56)cc4c4ccccc4c32)c2cccc3ccccc23)cc1. The van der Waals surface area contributed by atoms with E-state index in [2.05, 4.69) is 245 Å². The maximum atomic E-state index is 2.44. The molecule has 0 bridgehead atoms. The molecule has 0 aliphatic carbocycles. The molecule has 0 amide bonds. The number of hydrogen-bond donors (Lipinski definition) is 0. The molecule has 0 aliphatic rings. The maximum Gasteiger partial charge on any atom is 0.0540 e. The lowest BCUT2D eigenvalue weighted by molar-refractivity contribution is 0.590. The van der Waals surface area contributed by atoms with E-state index in [9.17, 15) is 0 Å². The normalized spacial score (nSPS) is 12.3. The van der Waals surface area contributed by atoms with Gasteiger partial charge in [-0.2, -0.15) is 0 Å². The molecule has 0 spiro atoms. The molecule has 0 N–H and O–H groups in total. The van der Waals surface area contributed by atoms with E-state index in [0.717, 1.165) is 22.7 Å². The Morgan fingerprint density at radius 1 is 0.333 bits per heavy atom. The third kappa shape index (κ3) is 6.70. The maximum absolute atomic E-state index is 2.44. The van der Waals surface area contributed by atoms with Gasteiger partial charge in [-0.1, -0.05) is 175 Å². The lowest BCUT2D eigenvalue weighted by atomic mass is 9.87. The highest BCUT2D eigenvalue weighted by Crippen LogP contribution is 2.49. The average molecular weight is 831 g/mol. The summed E-state index contributed by atoms with van der Waals surface area (Å²) in [4.78, 5) is 4.89. The predicted octanol–water partition coefficient (Wildman–Crippen LogP) is 18.2. The molecule has 0 aliphatic heterocycles. The largest absolute Gasteiger partial charge is 0.310 e. The summed E-state index contributed by atoms with van der Waals surface area (Å²) in [6.07, 6.45) is 0. The predicted molar refractivity (Wildman–Crippen MR) is 276 cm³/mol. The van der Waals surface area contributed by atoms with Crippen LogP contribution in [0.15, 0.2) is 194 Å². The van der Waals surface area contributed by atoms with Gasteiger partial charge in [-0.15, -0.1) is 11.3 Å². The molecular formula is C60H50N2S. The van der Waals surface area contributed by atoms with Crippen LogP contribution >= 0.6 is 11.3 Å². The van der Waals surface area contributed by atoms with Crippen molar-refractivity contribution in [2.75, 3.05) is 9.80 Å². The van der Waals surface area contributed by atoms with Gasteiger partial charge in [-0.05, 0) is 110 Å². The van der Waals surface area contributed by atoms with Crippen molar-refractivity contribution < 1.29 is 0 Å². The van der Waals surface area contributed by atoms with Crippen molar-refractivity contribution in [1.82, 2.24) is 0 Å². The van der Waals surface area contributed by atoms with Crippen LogP contribution in [0, 0.1) is 0 Å². The number of benzene rings is 10. The van der Waals surface area contributed by atoms with E-state index in [4.69, 9.17) is 0 Å². The lowest BCUT2D eigenvalue weighted by Crippen LogP contribution is -2.13. The lowest BCUT2D eigenvalue weighted by Gasteiger charge is -2.28. The Balaban J connectivity index is 1.12. The summed E-state index contributed by atoms with van der Waals surface area (Å²) in [5.41, 5.74) is 9.68. The number of fused-ring (bicyclic) bond motifs is 10. The van der Waals surface area contributed by atoms with Crippen molar-refractivity contribution in [1.29, 1.82) is 0 Å². The van der Waals surface area contributed by atoms with Gasteiger partial charge in [-0.3, -0.25) is 0 Å². The first-order valence-electron chi connectivity index (χ1n) is 22.1. The van der Waals surface area contributed by atoms with Gasteiger partial charge in [0, 0.05) is 59.1 Å². The van der Waals surface area contributed by atoms with Crippen molar-refractivity contribution in [3.8, 4) is 0 Å². The molecule has 11 aromatic rings. The molecule has 0 fully saturated rings. The van der Waals surface area contributed by atoms with E-state index in [-0.39, 0.29) is 10.8 Å². The summed E-state index contributed by atoms with van der Waals surface area (Å²) in [5.74, 6) is 0. The fourth-order valence-electron chi connectivity index (χ4n) is 9.59. The van der Waals surface area contributed by atoms with Crippen LogP contribution in [0.25, 0.3) is 63.3 Å². The minimum atomic E-state index is 0.0625. The van der Waals surface area contributed by atoms with Crippen LogP contribution in [0.1, 0.15) is 52.7 Å². The van der Waals surface area contributed by atoms with Crippen LogP contribution in [0.4, 0.5) is 34.1 Å². The van der Waals surface area contributed by atoms with E-state index >= 15 is 0 Å². The van der Waals surface area contributed by atoms with Gasteiger partial charge >= 0.3 is 0 Å². The van der Waals surface area contributed by atoms with Gasteiger partial charge in [-0.25, -0.2) is 0 Å². The molecule has 0 radical (unpaired) electrons. The molecule has 63 heavy (non-hydrogen) atoms. The number of thiophene rings is 1. The molecule has 0 unspecified atom stereocenters. The Morgan fingerprint density at radius 3 is 1.29 bits per heavy atom. The average Bonchev–Trinajstić information content (AvgIpc) is 3.69. The quantitative estimate of drug-likeness (QED) is 0.154. The summed E-state index contributed by atoms with van der Waals surface area (Å²) < 4.78 is 2.59. The Bertz CT molecular complexity index is 3520. The van der Waals surface area contributed by atoms with E-state index in [1.807, 2.05) is 11.3 Å². The van der Waals surface area contributed by atoms with Crippen molar-refractivity contribution in [2.45, 2.75) is 52.4 Å². The smallest absolute Gasteiger partial charge is 0.0540 e. The molecule has 0 saturated heterocycles. The van der Waals surface area contributed by atoms with Gasteiger partial charge in [0.25, 0.3) is 0 Å². The Kier molecular flexibility index (Phi) is 9.19. The molecule has 1 aromatic heterocycles. The summed E-state index contributed by atoms with van der Waals surface area (Å²) in [6, 6.07) is 72.3. The second-order valence-corrected chi connectivity index (χ2v) is 20.1. The van der Waals surface area contributed by atoms with Gasteiger partial charge in [0.15, 0.2) is 0 Å². The fraction of sp³-hybridized carbons (Fsp3) is 0.133. The second kappa shape index (κ2) is 14.9. The standard InChI is InChI=1S/C60H50N2S/c1-59(2,3)41-25-29-43(30-26-41)61(54-23-13-17-39-15-7-9-19-47(39)54)45-33-35-51-53(37-45)49-21-11-12-22-50(49)57-52-36-34-46(38-56(52)63-58(51)57)62(44-31-27-42(28-32-44)60(4,5)6)55-24-14-18-40-16-8-10-20-48(40)55/h7-38H,1-6H3. The molecule has 10 aromatic carbocycles. The van der Waals surface area contributed by atoms with Gasteiger partial charge in [0.2, 0.25) is 0 Å². The van der Waals surface area contributed by atoms with Crippen LogP contribution in [0.2, 0.25) is 0 Å². The fourth-order valence-corrected chi connectivity index (χ4v) is 10.9. The first-order chi connectivity index (χ1) is 30.5.